The fourth-order valence-corrected chi connectivity index (χ4v) is 2.01. The molecule has 0 radical (unpaired) electrons. The lowest BCUT2D eigenvalue weighted by atomic mass is 10.3. The first-order chi connectivity index (χ1) is 6.45. The molecule has 0 spiro atoms. The fourth-order valence-electron chi connectivity index (χ4n) is 2.01. The molecular weight excluding hydrogens is 164 g/mol. The molecule has 0 saturated carbocycles. The van der Waals surface area contributed by atoms with E-state index < -0.39 is 0 Å². The zero-order chi connectivity index (χ0) is 8.93. The molecule has 4 nitrogen and oxygen atoms in total. The Morgan fingerprint density at radius 2 is 1.38 bits per heavy atom. The second kappa shape index (κ2) is 4.91. The minimum Gasteiger partial charge on any atom is -0.304 e. The Bertz CT molecular complexity index is 123. The summed E-state index contributed by atoms with van der Waals surface area (Å²) in [5.41, 5.74) is 0. The van der Waals surface area contributed by atoms with Gasteiger partial charge in [0.2, 0.25) is 0 Å². The van der Waals surface area contributed by atoms with E-state index in [9.17, 15) is 0 Å². The Kier molecular flexibility index (Phi) is 3.55. The van der Waals surface area contributed by atoms with Gasteiger partial charge in [-0.05, 0) is 25.9 Å². The number of nitrogens with one attached hydrogen (secondary N) is 2. The van der Waals surface area contributed by atoms with Gasteiger partial charge in [-0.15, -0.1) is 0 Å². The maximum absolute atomic E-state index is 3.40. The van der Waals surface area contributed by atoms with Crippen LogP contribution in [0.2, 0.25) is 0 Å². The van der Waals surface area contributed by atoms with Crippen LogP contribution in [0.5, 0.6) is 0 Å². The summed E-state index contributed by atoms with van der Waals surface area (Å²) in [5.74, 6) is 0. The predicted molar refractivity (Wildman–Crippen MR) is 53.3 cm³/mol. The predicted octanol–water partition coefficient (Wildman–Crippen LogP) is -0.550. The van der Waals surface area contributed by atoms with Gasteiger partial charge in [0.05, 0.1) is 6.67 Å². The molecule has 0 aromatic rings. The summed E-state index contributed by atoms with van der Waals surface area (Å²) in [6.45, 7) is 8.14. The maximum atomic E-state index is 3.40. The van der Waals surface area contributed by atoms with E-state index in [0.717, 1.165) is 20.0 Å². The second-order valence-corrected chi connectivity index (χ2v) is 3.95. The van der Waals surface area contributed by atoms with Gasteiger partial charge in [-0.25, -0.2) is 0 Å². The van der Waals surface area contributed by atoms with E-state index in [0.29, 0.717) is 0 Å². The largest absolute Gasteiger partial charge is 0.304 e. The summed E-state index contributed by atoms with van der Waals surface area (Å²) in [7, 11) is 0. The van der Waals surface area contributed by atoms with Crippen LogP contribution in [0, 0.1) is 0 Å². The molecule has 76 valence electrons. The Morgan fingerprint density at radius 1 is 0.846 bits per heavy atom. The molecule has 13 heavy (non-hydrogen) atoms. The van der Waals surface area contributed by atoms with Crippen LogP contribution in [0.3, 0.4) is 0 Å². The van der Waals surface area contributed by atoms with E-state index in [2.05, 4.69) is 20.4 Å². The molecule has 0 aliphatic carbocycles. The smallest absolute Gasteiger partial charge is 0.0529 e. The summed E-state index contributed by atoms with van der Waals surface area (Å²) in [5, 5.41) is 6.81. The summed E-state index contributed by atoms with van der Waals surface area (Å²) >= 11 is 0. The number of hydrogen-bond acceptors (Lipinski definition) is 4. The molecule has 4 heteroatoms. The molecule has 0 aromatic carbocycles. The van der Waals surface area contributed by atoms with Gasteiger partial charge in [-0.2, -0.15) is 0 Å². The van der Waals surface area contributed by atoms with Crippen molar-refractivity contribution in [2.24, 2.45) is 0 Å². The molecule has 2 N–H and O–H groups in total. The molecule has 2 aliphatic rings. The zero-order valence-electron chi connectivity index (χ0n) is 8.26. The standard InChI is InChI=1S/C9H20N4/c1-3-10-7-12(5-1)9-13-6-2-4-11-8-13/h10-11H,1-9H2. The van der Waals surface area contributed by atoms with Crippen LogP contribution in [0.4, 0.5) is 0 Å². The summed E-state index contributed by atoms with van der Waals surface area (Å²) in [6, 6.07) is 0. The second-order valence-electron chi connectivity index (χ2n) is 3.95. The Morgan fingerprint density at radius 3 is 1.77 bits per heavy atom. The molecule has 2 heterocycles. The van der Waals surface area contributed by atoms with Gasteiger partial charge < -0.3 is 10.6 Å². The van der Waals surface area contributed by atoms with E-state index in [1.165, 1.54) is 39.0 Å². The minimum atomic E-state index is 1.07. The molecule has 0 unspecified atom stereocenters. The van der Waals surface area contributed by atoms with Gasteiger partial charge in [0, 0.05) is 26.4 Å². The topological polar surface area (TPSA) is 30.5 Å². The first-order valence-corrected chi connectivity index (χ1v) is 5.31. The van der Waals surface area contributed by atoms with Crippen LogP contribution >= 0.6 is 0 Å². The third kappa shape index (κ3) is 2.91. The normalized spacial score (nSPS) is 27.7. The van der Waals surface area contributed by atoms with Gasteiger partial charge in [-0.1, -0.05) is 0 Å². The van der Waals surface area contributed by atoms with E-state index in [1.54, 1.807) is 0 Å². The highest BCUT2D eigenvalue weighted by Crippen LogP contribution is 2.01. The van der Waals surface area contributed by atoms with Crippen molar-refractivity contribution >= 4 is 0 Å². The third-order valence-electron chi connectivity index (χ3n) is 2.73. The monoisotopic (exact) mass is 184 g/mol. The number of hydrogen-bond donors (Lipinski definition) is 2. The molecule has 2 saturated heterocycles. The molecule has 2 fully saturated rings. The van der Waals surface area contributed by atoms with Crippen molar-refractivity contribution in [1.82, 2.24) is 20.4 Å². The zero-order valence-corrected chi connectivity index (χ0v) is 8.26. The average Bonchev–Trinajstić information content (AvgIpc) is 2.21. The highest BCUT2D eigenvalue weighted by atomic mass is 15.4. The average molecular weight is 184 g/mol. The summed E-state index contributed by atoms with van der Waals surface area (Å²) in [4.78, 5) is 4.97. The molecule has 0 amide bonds. The molecule has 0 atom stereocenters. The van der Waals surface area contributed by atoms with E-state index in [4.69, 9.17) is 0 Å². The minimum absolute atomic E-state index is 1.07. The number of rotatable bonds is 2. The molecular formula is C9H20N4. The van der Waals surface area contributed by atoms with Gasteiger partial charge in [-0.3, -0.25) is 9.80 Å². The van der Waals surface area contributed by atoms with Crippen LogP contribution in [-0.4, -0.2) is 56.0 Å². The summed E-state index contributed by atoms with van der Waals surface area (Å²) in [6.07, 6.45) is 2.59. The van der Waals surface area contributed by atoms with Crippen molar-refractivity contribution in [2.75, 3.05) is 46.2 Å². The van der Waals surface area contributed by atoms with Crippen LogP contribution in [-0.2, 0) is 0 Å². The molecule has 2 aliphatic heterocycles. The van der Waals surface area contributed by atoms with Gasteiger partial charge in [0.1, 0.15) is 0 Å². The van der Waals surface area contributed by atoms with Gasteiger partial charge >= 0.3 is 0 Å². The number of nitrogens with zero attached hydrogens (tertiary/aromatic N) is 2. The Hall–Kier alpha value is -0.160. The van der Waals surface area contributed by atoms with Crippen molar-refractivity contribution in [3.05, 3.63) is 0 Å². The lowest BCUT2D eigenvalue weighted by Gasteiger charge is -2.35. The highest BCUT2D eigenvalue weighted by Gasteiger charge is 2.15. The Labute approximate surface area is 80.3 Å². The summed E-state index contributed by atoms with van der Waals surface area (Å²) < 4.78 is 0. The van der Waals surface area contributed by atoms with Crippen LogP contribution in [0.25, 0.3) is 0 Å². The van der Waals surface area contributed by atoms with Crippen LogP contribution in [0.1, 0.15) is 12.8 Å². The van der Waals surface area contributed by atoms with Crippen LogP contribution in [0.15, 0.2) is 0 Å². The lowest BCUT2D eigenvalue weighted by Crippen LogP contribution is -2.51. The van der Waals surface area contributed by atoms with Gasteiger partial charge in [0.15, 0.2) is 0 Å². The first kappa shape index (κ1) is 9.40. The molecule has 2 rings (SSSR count). The fraction of sp³-hybridized carbons (Fsp3) is 1.00. The SMILES string of the molecule is C1CNCN(CN2CCCNC2)C1. The van der Waals surface area contributed by atoms with Crippen LogP contribution < -0.4 is 10.6 Å². The van der Waals surface area contributed by atoms with E-state index in [1.807, 2.05) is 0 Å². The lowest BCUT2D eigenvalue weighted by molar-refractivity contribution is 0.0874. The first-order valence-electron chi connectivity index (χ1n) is 5.31. The van der Waals surface area contributed by atoms with Crippen molar-refractivity contribution in [3.8, 4) is 0 Å². The molecule has 0 bridgehead atoms. The van der Waals surface area contributed by atoms with Crippen molar-refractivity contribution in [1.29, 1.82) is 0 Å². The van der Waals surface area contributed by atoms with E-state index >= 15 is 0 Å². The Balaban J connectivity index is 1.69. The highest BCUT2D eigenvalue weighted by molar-refractivity contribution is 4.68. The molecule has 0 aromatic heterocycles. The third-order valence-corrected chi connectivity index (χ3v) is 2.73. The van der Waals surface area contributed by atoms with E-state index in [-0.39, 0.29) is 0 Å². The van der Waals surface area contributed by atoms with Crippen molar-refractivity contribution in [2.45, 2.75) is 12.8 Å². The maximum Gasteiger partial charge on any atom is 0.0529 e. The van der Waals surface area contributed by atoms with Crippen molar-refractivity contribution < 1.29 is 0 Å². The van der Waals surface area contributed by atoms with Crippen molar-refractivity contribution in [3.63, 3.8) is 0 Å². The quantitative estimate of drug-likeness (QED) is 0.603. The van der Waals surface area contributed by atoms with Gasteiger partial charge in [0.25, 0.3) is 0 Å².